The number of carbonyl (C=O) groups excluding carboxylic acids is 2. The number of alkyl halides is 3. The molecule has 2 amide bonds. The van der Waals surface area contributed by atoms with Crippen molar-refractivity contribution in [2.45, 2.75) is 51.6 Å². The fraction of sp³-hybridized carbons (Fsp3) is 0.370. The lowest BCUT2D eigenvalue weighted by Gasteiger charge is -2.26. The molecule has 4 heterocycles. The van der Waals surface area contributed by atoms with E-state index in [4.69, 9.17) is 0 Å². The molecule has 0 spiro atoms. The van der Waals surface area contributed by atoms with Crippen LogP contribution in [0.25, 0.3) is 0 Å². The van der Waals surface area contributed by atoms with Gasteiger partial charge in [0.15, 0.2) is 5.82 Å². The minimum atomic E-state index is -4.81. The van der Waals surface area contributed by atoms with E-state index in [1.54, 1.807) is 18.3 Å². The third-order valence-electron chi connectivity index (χ3n) is 6.46. The Balaban J connectivity index is 0.989. The minimum absolute atomic E-state index is 0.134. The predicted octanol–water partition coefficient (Wildman–Crippen LogP) is 3.62. The number of imidazole rings is 1. The molecular weight excluding hydrogens is 587 g/mol. The number of unbranched alkanes of at least 4 members (excludes halogenated alkanes) is 1. The molecule has 0 saturated heterocycles. The molecule has 0 radical (unpaired) electrons. The van der Waals surface area contributed by atoms with Gasteiger partial charge < -0.3 is 14.6 Å². The smallest absolute Gasteiger partial charge is 0.406 e. The van der Waals surface area contributed by atoms with Crippen molar-refractivity contribution in [3.63, 3.8) is 0 Å². The maximum Gasteiger partial charge on any atom is 0.573 e. The molecule has 43 heavy (non-hydrogen) atoms. The lowest BCUT2D eigenvalue weighted by molar-refractivity contribution is -0.274. The first-order valence-corrected chi connectivity index (χ1v) is 14.3. The Morgan fingerprint density at radius 1 is 0.977 bits per heavy atom. The average molecular weight is 616 g/mol. The van der Waals surface area contributed by atoms with Gasteiger partial charge in [0.05, 0.1) is 25.2 Å². The van der Waals surface area contributed by atoms with Crippen LogP contribution in [0.2, 0.25) is 0 Å². The molecule has 2 N–H and O–H groups in total. The zero-order valence-electron chi connectivity index (χ0n) is 22.9. The second kappa shape index (κ2) is 13.7. The van der Waals surface area contributed by atoms with Crippen LogP contribution >= 0.6 is 11.3 Å². The number of amides is 2. The quantitative estimate of drug-likeness (QED) is 0.229. The second-order valence-electron chi connectivity index (χ2n) is 9.83. The molecule has 3 aromatic heterocycles. The third-order valence-corrected chi connectivity index (χ3v) is 7.36. The molecule has 0 fully saturated rings. The predicted molar refractivity (Wildman–Crippen MR) is 150 cm³/mol. The van der Waals surface area contributed by atoms with Crippen molar-refractivity contribution in [3.05, 3.63) is 70.9 Å². The highest BCUT2D eigenvalue weighted by molar-refractivity contribution is 7.15. The molecule has 0 atom stereocenters. The number of benzene rings is 1. The third kappa shape index (κ3) is 9.27. The van der Waals surface area contributed by atoms with Crippen molar-refractivity contribution in [3.8, 4) is 5.75 Å². The molecule has 1 aliphatic rings. The molecule has 226 valence electrons. The maximum absolute atomic E-state index is 12.5. The molecule has 0 bridgehead atoms. The van der Waals surface area contributed by atoms with E-state index in [0.29, 0.717) is 30.1 Å². The molecular formula is C27H28F3N9O3S. The number of anilines is 2. The zero-order chi connectivity index (χ0) is 30.2. The lowest BCUT2D eigenvalue weighted by Crippen LogP contribution is -2.39. The van der Waals surface area contributed by atoms with Gasteiger partial charge in [-0.2, -0.15) is 5.10 Å². The Morgan fingerprint density at radius 2 is 1.84 bits per heavy atom. The number of halogens is 3. The van der Waals surface area contributed by atoms with Crippen LogP contribution in [0.3, 0.4) is 0 Å². The van der Waals surface area contributed by atoms with E-state index in [9.17, 15) is 22.8 Å². The van der Waals surface area contributed by atoms with Gasteiger partial charge in [0.25, 0.3) is 0 Å². The van der Waals surface area contributed by atoms with Crippen LogP contribution in [-0.4, -0.2) is 66.1 Å². The molecule has 5 rings (SSSR count). The number of ether oxygens (including phenoxy) is 1. The van der Waals surface area contributed by atoms with E-state index in [-0.39, 0.29) is 24.7 Å². The van der Waals surface area contributed by atoms with E-state index in [1.807, 2.05) is 11.1 Å². The van der Waals surface area contributed by atoms with Gasteiger partial charge in [0.2, 0.25) is 16.9 Å². The molecule has 0 aliphatic carbocycles. The topological polar surface area (TPSA) is 140 Å². The Labute approximate surface area is 248 Å². The number of aryl methyl sites for hydroxylation is 2. The van der Waals surface area contributed by atoms with Crippen LogP contribution in [0.4, 0.5) is 24.1 Å². The van der Waals surface area contributed by atoms with E-state index in [2.05, 4.69) is 45.3 Å². The van der Waals surface area contributed by atoms with E-state index < -0.39 is 18.0 Å². The normalized spacial score (nSPS) is 13.4. The van der Waals surface area contributed by atoms with E-state index in [0.717, 1.165) is 48.5 Å². The highest BCUT2D eigenvalue weighted by Crippen LogP contribution is 2.24. The first-order valence-electron chi connectivity index (χ1n) is 13.5. The van der Waals surface area contributed by atoms with Crippen LogP contribution in [0.15, 0.2) is 48.8 Å². The number of nitrogens with zero attached hydrogens (tertiary/aromatic N) is 7. The first kappa shape index (κ1) is 30.0. The summed E-state index contributed by atoms with van der Waals surface area (Å²) >= 11 is 1.36. The number of aromatic nitrogens is 6. The molecule has 4 aromatic rings. The average Bonchev–Trinajstić information content (AvgIpc) is 3.60. The van der Waals surface area contributed by atoms with Gasteiger partial charge >= 0.3 is 6.36 Å². The summed E-state index contributed by atoms with van der Waals surface area (Å²) in [6.45, 7) is 2.48. The Kier molecular flexibility index (Phi) is 9.56. The van der Waals surface area contributed by atoms with Crippen molar-refractivity contribution in [2.75, 3.05) is 23.7 Å². The number of nitrogens with one attached hydrogen (secondary N) is 2. The van der Waals surface area contributed by atoms with Gasteiger partial charge in [-0.1, -0.05) is 23.5 Å². The summed E-state index contributed by atoms with van der Waals surface area (Å²) in [7, 11) is 0. The van der Waals surface area contributed by atoms with Gasteiger partial charge in [-0.05, 0) is 49.1 Å². The number of rotatable bonds is 12. The van der Waals surface area contributed by atoms with Gasteiger partial charge in [0, 0.05) is 31.9 Å². The second-order valence-corrected chi connectivity index (χ2v) is 10.9. The maximum atomic E-state index is 12.5. The fourth-order valence-corrected chi connectivity index (χ4v) is 5.29. The number of carbonyl (C=O) groups is 2. The zero-order valence-corrected chi connectivity index (χ0v) is 23.7. The van der Waals surface area contributed by atoms with Crippen LogP contribution in [0, 0.1) is 0 Å². The van der Waals surface area contributed by atoms with Crippen LogP contribution in [-0.2, 0) is 41.9 Å². The van der Waals surface area contributed by atoms with Crippen molar-refractivity contribution >= 4 is 34.1 Å². The van der Waals surface area contributed by atoms with Gasteiger partial charge in [-0.15, -0.1) is 28.5 Å². The number of hydrogen-bond acceptors (Lipinski definition) is 10. The van der Waals surface area contributed by atoms with E-state index >= 15 is 0 Å². The molecule has 1 aliphatic heterocycles. The van der Waals surface area contributed by atoms with E-state index in [1.165, 1.54) is 29.5 Å². The summed E-state index contributed by atoms with van der Waals surface area (Å²) in [5, 5.41) is 23.1. The first-order chi connectivity index (χ1) is 20.7. The van der Waals surface area contributed by atoms with Crippen LogP contribution in [0.5, 0.6) is 5.75 Å². The standard InChI is InChI=1S/C27H28F3N9O3S/c28-27(29,30)42-20-6-3-4-18(14-20)15-23(40)32-21-9-8-19(34-35-21)5-1-2-7-25-36-37-26(43-25)33-24(41)17-38-12-13-39-11-10-31-22(39)16-38/h3-4,6,8-11,14H,1-2,5,7,12-13,15-17H2,(H,32,35,40)(H,33,37,41). The molecule has 16 heteroatoms. The monoisotopic (exact) mass is 615 g/mol. The molecule has 1 aromatic carbocycles. The summed E-state index contributed by atoms with van der Waals surface area (Å²) in [6, 6.07) is 8.63. The number of fused-ring (bicyclic) bond motifs is 1. The van der Waals surface area contributed by atoms with Crippen molar-refractivity contribution in [1.82, 2.24) is 34.8 Å². The van der Waals surface area contributed by atoms with Gasteiger partial charge in [0.1, 0.15) is 16.6 Å². The fourth-order valence-electron chi connectivity index (χ4n) is 4.49. The van der Waals surface area contributed by atoms with Crippen molar-refractivity contribution in [1.29, 1.82) is 0 Å². The summed E-state index contributed by atoms with van der Waals surface area (Å²) in [5.74, 6) is 0.223. The number of hydrogen-bond donors (Lipinski definition) is 2. The van der Waals surface area contributed by atoms with Gasteiger partial charge in [-0.25, -0.2) is 4.98 Å². The summed E-state index contributed by atoms with van der Waals surface area (Å²) in [5.41, 5.74) is 1.11. The molecule has 0 saturated carbocycles. The highest BCUT2D eigenvalue weighted by Gasteiger charge is 2.31. The Bertz CT molecular complexity index is 1540. The van der Waals surface area contributed by atoms with Crippen LogP contribution < -0.4 is 15.4 Å². The Morgan fingerprint density at radius 3 is 2.65 bits per heavy atom. The summed E-state index contributed by atoms with van der Waals surface area (Å²) in [4.78, 5) is 31.1. The van der Waals surface area contributed by atoms with Gasteiger partial charge in [-0.3, -0.25) is 19.8 Å². The summed E-state index contributed by atoms with van der Waals surface area (Å²) < 4.78 is 43.2. The minimum Gasteiger partial charge on any atom is -0.406 e. The lowest BCUT2D eigenvalue weighted by atomic mass is 10.1. The SMILES string of the molecule is O=C(Cc1cccc(OC(F)(F)F)c1)Nc1ccc(CCCCc2nnc(NC(=O)CN3CCn4ccnc4C3)s2)nn1. The van der Waals surface area contributed by atoms with Crippen molar-refractivity contribution in [2.24, 2.45) is 0 Å². The molecule has 0 unspecified atom stereocenters. The highest BCUT2D eigenvalue weighted by atomic mass is 32.1. The summed E-state index contributed by atoms with van der Waals surface area (Å²) in [6.07, 6.45) is 1.79. The largest absolute Gasteiger partial charge is 0.573 e. The van der Waals surface area contributed by atoms with Crippen LogP contribution in [0.1, 0.15) is 34.9 Å². The Hall–Kier alpha value is -4.44. The van der Waals surface area contributed by atoms with Crippen molar-refractivity contribution < 1.29 is 27.5 Å². The molecule has 12 nitrogen and oxygen atoms in total.